The number of benzene rings is 1. The molecule has 1 aromatic rings. The molecule has 2 amide bonds. The second-order valence-electron chi connectivity index (χ2n) is 5.06. The van der Waals surface area contributed by atoms with Gasteiger partial charge in [-0.25, -0.2) is 9.59 Å². The van der Waals surface area contributed by atoms with Crippen LogP contribution in [0.3, 0.4) is 0 Å². The van der Waals surface area contributed by atoms with Crippen molar-refractivity contribution in [2.24, 2.45) is 5.73 Å². The molecule has 2 atom stereocenters. The van der Waals surface area contributed by atoms with Gasteiger partial charge in [-0.2, -0.15) is 0 Å². The van der Waals surface area contributed by atoms with E-state index >= 15 is 0 Å². The normalized spacial score (nSPS) is 21.0. The molecule has 0 spiro atoms. The zero-order chi connectivity index (χ0) is 15.2. The molecule has 21 heavy (non-hydrogen) atoms. The SMILES string of the molecule is COC1CCCC1OC(=O)c1ccc(CNC(N)=O)cc1. The van der Waals surface area contributed by atoms with Gasteiger partial charge in [0.25, 0.3) is 0 Å². The van der Waals surface area contributed by atoms with Crippen molar-refractivity contribution in [2.45, 2.75) is 38.0 Å². The number of carbonyl (C=O) groups is 2. The summed E-state index contributed by atoms with van der Waals surface area (Å²) in [5.74, 6) is -0.349. The Hall–Kier alpha value is -2.08. The maximum absolute atomic E-state index is 12.1. The van der Waals surface area contributed by atoms with Gasteiger partial charge in [0, 0.05) is 13.7 Å². The van der Waals surface area contributed by atoms with Crippen molar-refractivity contribution in [3.05, 3.63) is 35.4 Å². The average molecular weight is 292 g/mol. The quantitative estimate of drug-likeness (QED) is 0.806. The lowest BCUT2D eigenvalue weighted by Crippen LogP contribution is -2.28. The standard InChI is InChI=1S/C15H20N2O4/c1-20-12-3-2-4-13(12)21-14(18)11-7-5-10(6-8-11)9-17-15(16)19/h5-8,12-13H,2-4,9H2,1H3,(H3,16,17,19). The zero-order valence-corrected chi connectivity index (χ0v) is 12.0. The van der Waals surface area contributed by atoms with Crippen LogP contribution in [0.15, 0.2) is 24.3 Å². The zero-order valence-electron chi connectivity index (χ0n) is 12.0. The van der Waals surface area contributed by atoms with Crippen LogP contribution in [0.2, 0.25) is 0 Å². The molecule has 0 saturated heterocycles. The molecule has 0 heterocycles. The molecule has 6 heteroatoms. The van der Waals surface area contributed by atoms with E-state index in [1.54, 1.807) is 31.4 Å². The lowest BCUT2D eigenvalue weighted by molar-refractivity contribution is -0.0206. The van der Waals surface area contributed by atoms with E-state index < -0.39 is 6.03 Å². The lowest BCUT2D eigenvalue weighted by atomic mass is 10.1. The van der Waals surface area contributed by atoms with E-state index in [2.05, 4.69) is 5.32 Å². The fourth-order valence-electron chi connectivity index (χ4n) is 2.45. The van der Waals surface area contributed by atoms with Crippen LogP contribution in [-0.4, -0.2) is 31.3 Å². The predicted octanol–water partition coefficient (Wildman–Crippen LogP) is 1.58. The third-order valence-electron chi connectivity index (χ3n) is 3.61. The van der Waals surface area contributed by atoms with Crippen LogP contribution in [0.4, 0.5) is 4.79 Å². The Morgan fingerprint density at radius 2 is 1.90 bits per heavy atom. The average Bonchev–Trinajstić information content (AvgIpc) is 2.92. The Labute approximate surface area is 123 Å². The van der Waals surface area contributed by atoms with Crippen molar-refractivity contribution in [3.63, 3.8) is 0 Å². The summed E-state index contributed by atoms with van der Waals surface area (Å²) in [6.07, 6.45) is 2.59. The van der Waals surface area contributed by atoms with E-state index in [1.807, 2.05) is 0 Å². The first kappa shape index (κ1) is 15.3. The molecule has 3 N–H and O–H groups in total. The van der Waals surface area contributed by atoms with Crippen LogP contribution >= 0.6 is 0 Å². The second-order valence-corrected chi connectivity index (χ2v) is 5.06. The van der Waals surface area contributed by atoms with Crippen LogP contribution < -0.4 is 11.1 Å². The van der Waals surface area contributed by atoms with Crippen molar-refractivity contribution in [3.8, 4) is 0 Å². The molecular formula is C15H20N2O4. The number of carbonyl (C=O) groups excluding carboxylic acids is 2. The number of nitrogens with two attached hydrogens (primary N) is 1. The predicted molar refractivity (Wildman–Crippen MR) is 76.7 cm³/mol. The molecule has 2 unspecified atom stereocenters. The van der Waals surface area contributed by atoms with Gasteiger partial charge in [0.1, 0.15) is 6.10 Å². The summed E-state index contributed by atoms with van der Waals surface area (Å²) in [6, 6.07) is 6.29. The van der Waals surface area contributed by atoms with Crippen molar-refractivity contribution in [1.29, 1.82) is 0 Å². The van der Waals surface area contributed by atoms with Gasteiger partial charge in [-0.05, 0) is 37.0 Å². The van der Waals surface area contributed by atoms with Crippen molar-refractivity contribution >= 4 is 12.0 Å². The highest BCUT2D eigenvalue weighted by Crippen LogP contribution is 2.25. The minimum atomic E-state index is -0.578. The van der Waals surface area contributed by atoms with Crippen molar-refractivity contribution < 1.29 is 19.1 Å². The Bertz CT molecular complexity index is 501. The van der Waals surface area contributed by atoms with Crippen molar-refractivity contribution in [1.82, 2.24) is 5.32 Å². The first-order valence-corrected chi connectivity index (χ1v) is 6.96. The monoisotopic (exact) mass is 292 g/mol. The van der Waals surface area contributed by atoms with Gasteiger partial charge < -0.3 is 20.5 Å². The number of rotatable bonds is 5. The van der Waals surface area contributed by atoms with Gasteiger partial charge in [0.2, 0.25) is 0 Å². The Kier molecular flexibility index (Phi) is 5.16. The molecule has 0 radical (unpaired) electrons. The molecule has 1 aromatic carbocycles. The maximum atomic E-state index is 12.1. The highest BCUT2D eigenvalue weighted by molar-refractivity contribution is 5.89. The number of primary amides is 1. The van der Waals surface area contributed by atoms with E-state index in [-0.39, 0.29) is 18.2 Å². The molecule has 0 aromatic heterocycles. The largest absolute Gasteiger partial charge is 0.456 e. The maximum Gasteiger partial charge on any atom is 0.338 e. The number of nitrogens with one attached hydrogen (secondary N) is 1. The first-order valence-electron chi connectivity index (χ1n) is 6.96. The molecule has 1 aliphatic carbocycles. The summed E-state index contributed by atoms with van der Waals surface area (Å²) in [7, 11) is 1.64. The first-order chi connectivity index (χ1) is 10.1. The molecular weight excluding hydrogens is 272 g/mol. The van der Waals surface area contributed by atoms with Crippen LogP contribution in [0.25, 0.3) is 0 Å². The number of hydrogen-bond acceptors (Lipinski definition) is 4. The number of hydrogen-bond donors (Lipinski definition) is 2. The Morgan fingerprint density at radius 3 is 2.52 bits per heavy atom. The molecule has 2 rings (SSSR count). The highest BCUT2D eigenvalue weighted by atomic mass is 16.6. The van der Waals surface area contributed by atoms with Gasteiger partial charge in [0.15, 0.2) is 0 Å². The van der Waals surface area contributed by atoms with Gasteiger partial charge in [-0.15, -0.1) is 0 Å². The Morgan fingerprint density at radius 1 is 1.24 bits per heavy atom. The van der Waals surface area contributed by atoms with E-state index in [4.69, 9.17) is 15.2 Å². The minimum absolute atomic E-state index is 0.00649. The Balaban J connectivity index is 1.92. The smallest absolute Gasteiger partial charge is 0.338 e. The fourth-order valence-corrected chi connectivity index (χ4v) is 2.45. The summed E-state index contributed by atoms with van der Waals surface area (Å²) < 4.78 is 10.8. The summed E-state index contributed by atoms with van der Waals surface area (Å²) in [5, 5.41) is 2.49. The van der Waals surface area contributed by atoms with Crippen LogP contribution in [0.1, 0.15) is 35.2 Å². The molecule has 0 aliphatic heterocycles. The number of amides is 2. The fraction of sp³-hybridized carbons (Fsp3) is 0.467. The minimum Gasteiger partial charge on any atom is -0.456 e. The molecule has 114 valence electrons. The molecule has 1 fully saturated rings. The lowest BCUT2D eigenvalue weighted by Gasteiger charge is -2.18. The number of esters is 1. The van der Waals surface area contributed by atoms with Gasteiger partial charge in [-0.1, -0.05) is 12.1 Å². The van der Waals surface area contributed by atoms with Crippen LogP contribution in [-0.2, 0) is 16.0 Å². The highest BCUT2D eigenvalue weighted by Gasteiger charge is 2.30. The molecule has 0 bridgehead atoms. The van der Waals surface area contributed by atoms with E-state index in [0.717, 1.165) is 24.8 Å². The summed E-state index contributed by atoms with van der Waals surface area (Å²) >= 11 is 0. The summed E-state index contributed by atoms with van der Waals surface area (Å²) in [4.78, 5) is 22.7. The molecule has 6 nitrogen and oxygen atoms in total. The number of methoxy groups -OCH3 is 1. The van der Waals surface area contributed by atoms with Gasteiger partial charge in [-0.3, -0.25) is 0 Å². The van der Waals surface area contributed by atoms with Crippen LogP contribution in [0, 0.1) is 0 Å². The summed E-state index contributed by atoms with van der Waals surface area (Å²) in [5.41, 5.74) is 6.35. The van der Waals surface area contributed by atoms with E-state index in [0.29, 0.717) is 12.1 Å². The number of urea groups is 1. The summed E-state index contributed by atoms with van der Waals surface area (Å²) in [6.45, 7) is 0.332. The van der Waals surface area contributed by atoms with E-state index in [9.17, 15) is 9.59 Å². The number of ether oxygens (including phenoxy) is 2. The van der Waals surface area contributed by atoms with Gasteiger partial charge >= 0.3 is 12.0 Å². The second kappa shape index (κ2) is 7.08. The molecule has 1 aliphatic rings. The topological polar surface area (TPSA) is 90.7 Å². The third kappa shape index (κ3) is 4.19. The van der Waals surface area contributed by atoms with Crippen molar-refractivity contribution in [2.75, 3.05) is 7.11 Å². The van der Waals surface area contributed by atoms with Crippen LogP contribution in [0.5, 0.6) is 0 Å². The molecule has 1 saturated carbocycles. The van der Waals surface area contributed by atoms with E-state index in [1.165, 1.54) is 0 Å². The third-order valence-corrected chi connectivity index (χ3v) is 3.61. The van der Waals surface area contributed by atoms with Gasteiger partial charge in [0.05, 0.1) is 11.7 Å².